The van der Waals surface area contributed by atoms with E-state index in [1.54, 1.807) is 39.4 Å². The third kappa shape index (κ3) is 5.82. The summed E-state index contributed by atoms with van der Waals surface area (Å²) in [6.45, 7) is 11.6. The highest BCUT2D eigenvalue weighted by atomic mass is 32.1. The molecular weight excluding hydrogens is 610 g/mol. The van der Waals surface area contributed by atoms with Crippen molar-refractivity contribution < 1.29 is 28.2 Å². The number of aryl methyl sites for hydroxylation is 1. The van der Waals surface area contributed by atoms with Crippen LogP contribution < -0.4 is 16.0 Å². The van der Waals surface area contributed by atoms with Crippen LogP contribution >= 0.6 is 11.3 Å². The van der Waals surface area contributed by atoms with Gasteiger partial charge in [0.25, 0.3) is 5.56 Å². The molecule has 4 atom stereocenters. The number of benzene rings is 1. The van der Waals surface area contributed by atoms with Gasteiger partial charge in [-0.1, -0.05) is 18.2 Å². The SMILES string of the molecule is COc1ccccc1[C@H](Cn1c(=O)n(C(C)(C)C(=O)OC(C)(C)C)c(=O)c2c(C)c(-c3ncco3)sc21)O[C@@H]1C[C@H]2COC[C@H]2C1. The molecule has 46 heavy (non-hydrogen) atoms. The summed E-state index contributed by atoms with van der Waals surface area (Å²) >= 11 is 1.25. The van der Waals surface area contributed by atoms with Crippen LogP contribution in [0.1, 0.15) is 64.7 Å². The average Bonchev–Trinajstić information content (AvgIpc) is 3.78. The molecule has 1 aliphatic heterocycles. The van der Waals surface area contributed by atoms with Gasteiger partial charge in [-0.3, -0.25) is 9.36 Å². The summed E-state index contributed by atoms with van der Waals surface area (Å²) in [6.07, 6.45) is 4.06. The summed E-state index contributed by atoms with van der Waals surface area (Å²) in [5.41, 5.74) is -2.30. The van der Waals surface area contributed by atoms with Gasteiger partial charge in [0.2, 0.25) is 5.89 Å². The molecule has 1 saturated carbocycles. The molecule has 4 aromatic rings. The summed E-state index contributed by atoms with van der Waals surface area (Å²) in [7, 11) is 1.60. The third-order valence-electron chi connectivity index (χ3n) is 8.95. The number of hydrogen-bond donors (Lipinski definition) is 0. The lowest BCUT2D eigenvalue weighted by Crippen LogP contribution is -2.54. The number of para-hydroxylation sites is 1. The lowest BCUT2D eigenvalue weighted by molar-refractivity contribution is -0.164. The molecule has 2 aliphatic rings. The Morgan fingerprint density at radius 2 is 1.80 bits per heavy atom. The molecule has 0 bridgehead atoms. The van der Waals surface area contributed by atoms with Gasteiger partial charge in [-0.2, -0.15) is 0 Å². The Bertz CT molecular complexity index is 1850. The second kappa shape index (κ2) is 12.1. The number of oxazole rings is 1. The molecule has 2 fully saturated rings. The summed E-state index contributed by atoms with van der Waals surface area (Å²) in [4.78, 5) is 47.9. The van der Waals surface area contributed by atoms with E-state index in [0.717, 1.165) is 36.2 Å². The number of hydrogen-bond acceptors (Lipinski definition) is 10. The van der Waals surface area contributed by atoms with Gasteiger partial charge in [0.05, 0.1) is 36.2 Å². The molecule has 1 saturated heterocycles. The standard InChI is InChI=1S/C34H41N3O8S/c1-19-26-29(38)37(34(5,6)31(39)45-33(2,3)4)32(40)36(30(26)46-27(19)28-35-12-13-43-28)16-25(23-10-8-9-11-24(23)41-7)44-22-14-20-17-42-18-21(20)15-22/h8-13,20-22,25H,14-18H2,1-7H3/t20-,21+,22+,25-/m0/s1. The van der Waals surface area contributed by atoms with Crippen molar-refractivity contribution in [3.05, 3.63) is 68.7 Å². The predicted molar refractivity (Wildman–Crippen MR) is 173 cm³/mol. The Morgan fingerprint density at radius 3 is 2.43 bits per heavy atom. The van der Waals surface area contributed by atoms with Crippen LogP contribution in [-0.4, -0.2) is 52.1 Å². The van der Waals surface area contributed by atoms with Gasteiger partial charge in [-0.25, -0.2) is 19.1 Å². The van der Waals surface area contributed by atoms with E-state index in [1.165, 1.54) is 37.6 Å². The molecular formula is C34H41N3O8S. The van der Waals surface area contributed by atoms with Gasteiger partial charge in [0.15, 0.2) is 0 Å². The van der Waals surface area contributed by atoms with Crippen molar-refractivity contribution in [2.24, 2.45) is 11.8 Å². The minimum absolute atomic E-state index is 0.0444. The molecule has 4 heterocycles. The molecule has 0 unspecified atom stereocenters. The Hall–Kier alpha value is -3.74. The number of esters is 1. The van der Waals surface area contributed by atoms with Crippen molar-refractivity contribution in [3.63, 3.8) is 0 Å². The topological polar surface area (TPSA) is 124 Å². The van der Waals surface area contributed by atoms with Crippen molar-refractivity contribution in [1.82, 2.24) is 14.1 Å². The Balaban J connectivity index is 1.54. The zero-order chi connectivity index (χ0) is 33.0. The molecule has 246 valence electrons. The zero-order valence-electron chi connectivity index (χ0n) is 27.3. The quantitative estimate of drug-likeness (QED) is 0.217. The maximum Gasteiger partial charge on any atom is 0.333 e. The van der Waals surface area contributed by atoms with Gasteiger partial charge in [-0.15, -0.1) is 11.3 Å². The fourth-order valence-corrected chi connectivity index (χ4v) is 7.87. The first-order valence-corrected chi connectivity index (χ1v) is 16.4. The first-order valence-electron chi connectivity index (χ1n) is 15.6. The van der Waals surface area contributed by atoms with Crippen LogP contribution in [0.3, 0.4) is 0 Å². The molecule has 1 aromatic carbocycles. The Morgan fingerprint density at radius 1 is 1.11 bits per heavy atom. The normalized spacial score (nSPS) is 20.6. The molecule has 12 heteroatoms. The van der Waals surface area contributed by atoms with E-state index < -0.39 is 34.5 Å². The second-order valence-electron chi connectivity index (χ2n) is 13.7. The molecule has 0 radical (unpaired) electrons. The number of ether oxygens (including phenoxy) is 4. The maximum absolute atomic E-state index is 14.6. The number of fused-ring (bicyclic) bond motifs is 2. The van der Waals surface area contributed by atoms with Crippen molar-refractivity contribution >= 4 is 27.5 Å². The molecule has 11 nitrogen and oxygen atoms in total. The minimum Gasteiger partial charge on any atom is -0.496 e. The summed E-state index contributed by atoms with van der Waals surface area (Å²) in [5, 5.41) is 0.306. The van der Waals surface area contributed by atoms with Crippen molar-refractivity contribution in [2.45, 2.75) is 84.3 Å². The van der Waals surface area contributed by atoms with Gasteiger partial charge >= 0.3 is 11.7 Å². The van der Waals surface area contributed by atoms with Crippen LogP contribution in [0.5, 0.6) is 5.75 Å². The first-order chi connectivity index (χ1) is 21.8. The Kier molecular flexibility index (Phi) is 8.49. The zero-order valence-corrected chi connectivity index (χ0v) is 28.1. The molecule has 6 rings (SSSR count). The number of rotatable bonds is 9. The molecule has 3 aromatic heterocycles. The van der Waals surface area contributed by atoms with Gasteiger partial charge in [-0.05, 0) is 77.8 Å². The van der Waals surface area contributed by atoms with E-state index >= 15 is 0 Å². The lowest BCUT2D eigenvalue weighted by atomic mass is 10.0. The van der Waals surface area contributed by atoms with Crippen molar-refractivity contribution in [3.8, 4) is 16.5 Å². The number of aromatic nitrogens is 3. The third-order valence-corrected chi connectivity index (χ3v) is 10.3. The number of carbonyl (C=O) groups is 1. The fraction of sp³-hybridized carbons (Fsp3) is 0.529. The number of thiophene rings is 1. The van der Waals surface area contributed by atoms with Crippen molar-refractivity contribution in [2.75, 3.05) is 20.3 Å². The second-order valence-corrected chi connectivity index (χ2v) is 14.7. The average molecular weight is 652 g/mol. The van der Waals surface area contributed by atoms with Crippen LogP contribution in [0.15, 0.2) is 50.7 Å². The lowest BCUT2D eigenvalue weighted by Gasteiger charge is -2.30. The van der Waals surface area contributed by atoms with E-state index in [9.17, 15) is 14.4 Å². The van der Waals surface area contributed by atoms with Gasteiger partial charge in [0, 0.05) is 18.8 Å². The summed E-state index contributed by atoms with van der Waals surface area (Å²) in [6, 6.07) is 7.59. The monoisotopic (exact) mass is 651 g/mol. The van der Waals surface area contributed by atoms with Crippen LogP contribution in [0.2, 0.25) is 0 Å². The van der Waals surface area contributed by atoms with Gasteiger partial charge < -0.3 is 23.4 Å². The van der Waals surface area contributed by atoms with Crippen LogP contribution in [0.25, 0.3) is 21.0 Å². The smallest absolute Gasteiger partial charge is 0.333 e. The number of nitrogens with zero attached hydrogens (tertiary/aromatic N) is 3. The van der Waals surface area contributed by atoms with Gasteiger partial charge in [0.1, 0.15) is 34.1 Å². The fourth-order valence-electron chi connectivity index (χ4n) is 6.63. The molecule has 0 amide bonds. The Labute approximate surface area is 271 Å². The largest absolute Gasteiger partial charge is 0.496 e. The summed E-state index contributed by atoms with van der Waals surface area (Å²) < 4.78 is 32.2. The number of methoxy groups -OCH3 is 1. The first kappa shape index (κ1) is 32.2. The van der Waals surface area contributed by atoms with E-state index in [2.05, 4.69) is 4.98 Å². The highest BCUT2D eigenvalue weighted by Crippen LogP contribution is 2.42. The summed E-state index contributed by atoms with van der Waals surface area (Å²) in [5.74, 6) is 1.16. The van der Waals surface area contributed by atoms with E-state index in [0.29, 0.717) is 44.1 Å². The van der Waals surface area contributed by atoms with Crippen LogP contribution in [0, 0.1) is 18.8 Å². The maximum atomic E-state index is 14.6. The van der Waals surface area contributed by atoms with Crippen LogP contribution in [0.4, 0.5) is 0 Å². The highest BCUT2D eigenvalue weighted by Gasteiger charge is 2.42. The van der Waals surface area contributed by atoms with Crippen LogP contribution in [-0.2, 0) is 31.1 Å². The van der Waals surface area contributed by atoms with E-state index in [4.69, 9.17) is 23.4 Å². The molecule has 0 N–H and O–H groups in total. The van der Waals surface area contributed by atoms with E-state index in [-0.39, 0.29) is 12.6 Å². The predicted octanol–water partition coefficient (Wildman–Crippen LogP) is 5.46. The molecule has 0 spiro atoms. The molecule has 1 aliphatic carbocycles. The van der Waals surface area contributed by atoms with Crippen molar-refractivity contribution in [1.29, 1.82) is 0 Å². The van der Waals surface area contributed by atoms with E-state index in [1.807, 2.05) is 24.3 Å². The highest BCUT2D eigenvalue weighted by molar-refractivity contribution is 7.22. The minimum atomic E-state index is -1.63. The number of carbonyl (C=O) groups excluding carboxylic acids is 1.